The van der Waals surface area contributed by atoms with E-state index < -0.39 is 16.1 Å². The quantitative estimate of drug-likeness (QED) is 0.504. The number of fused-ring (bicyclic) bond motifs is 1. The van der Waals surface area contributed by atoms with Crippen LogP contribution in [-0.2, 0) is 21.4 Å². The SMILES string of the molecule is Nc1c(Cl)cc(S(=O)(=O)NC(CCn2ccnc2Cl)C(=O)N2CC[C@H]3CCCC[C@@H]3C2)cc1Cl. The van der Waals surface area contributed by atoms with Gasteiger partial charge in [-0.1, -0.05) is 42.5 Å². The molecular weight excluding hydrogens is 521 g/mol. The number of likely N-dealkylation sites (tertiary alicyclic amines) is 1. The van der Waals surface area contributed by atoms with Gasteiger partial charge in [-0.2, -0.15) is 4.72 Å². The van der Waals surface area contributed by atoms with Gasteiger partial charge < -0.3 is 15.2 Å². The number of imidazole rings is 1. The van der Waals surface area contributed by atoms with Gasteiger partial charge in [0.2, 0.25) is 21.2 Å². The maximum Gasteiger partial charge on any atom is 0.241 e. The fourth-order valence-corrected chi connectivity index (χ4v) is 7.06. The van der Waals surface area contributed by atoms with Gasteiger partial charge in [0.1, 0.15) is 6.04 Å². The molecule has 1 aliphatic carbocycles. The first kappa shape index (κ1) is 25.6. The third-order valence-corrected chi connectivity index (χ3v) is 9.28. The van der Waals surface area contributed by atoms with Gasteiger partial charge in [-0.3, -0.25) is 4.79 Å². The number of rotatable bonds is 7. The van der Waals surface area contributed by atoms with Crippen molar-refractivity contribution in [3.63, 3.8) is 0 Å². The molecule has 3 N–H and O–H groups in total. The molecule has 2 fully saturated rings. The van der Waals surface area contributed by atoms with Crippen molar-refractivity contribution in [1.82, 2.24) is 19.2 Å². The Morgan fingerprint density at radius 1 is 1.15 bits per heavy atom. The summed E-state index contributed by atoms with van der Waals surface area (Å²) in [5, 5.41) is 0.329. The Kier molecular flexibility index (Phi) is 7.99. The number of hydrogen-bond donors (Lipinski definition) is 2. The Bertz CT molecular complexity index is 1130. The van der Waals surface area contributed by atoms with Gasteiger partial charge in [0.05, 0.1) is 20.6 Å². The van der Waals surface area contributed by atoms with Gasteiger partial charge in [0.15, 0.2) is 0 Å². The lowest BCUT2D eigenvalue weighted by Gasteiger charge is -2.42. The molecule has 1 amide bonds. The number of carbonyl (C=O) groups is 1. The fraction of sp³-hybridized carbons (Fsp3) is 0.545. The number of hydrogen-bond acceptors (Lipinski definition) is 5. The standard InChI is InChI=1S/C22H28Cl3N5O3S/c23-17-11-16(12-18(24)20(17)26)34(32,33)28-19(6-9-29-10-7-27-22(29)25)21(31)30-8-5-14-3-1-2-4-15(14)13-30/h7,10-12,14-15,19,28H,1-6,8-9,13,26H2/t14-,15-,19?/m1/s1. The predicted molar refractivity (Wildman–Crippen MR) is 133 cm³/mol. The van der Waals surface area contributed by atoms with Crippen molar-refractivity contribution in [2.24, 2.45) is 11.8 Å². The molecule has 1 unspecified atom stereocenters. The third kappa shape index (κ3) is 5.65. The average molecular weight is 549 g/mol. The highest BCUT2D eigenvalue weighted by Gasteiger charge is 2.36. The monoisotopic (exact) mass is 547 g/mol. The number of aryl methyl sites for hydroxylation is 1. The number of halogens is 3. The van der Waals surface area contributed by atoms with Gasteiger partial charge >= 0.3 is 0 Å². The summed E-state index contributed by atoms with van der Waals surface area (Å²) < 4.78 is 30.7. The number of nitrogens with one attached hydrogen (secondary N) is 1. The van der Waals surface area contributed by atoms with Crippen molar-refractivity contribution in [1.29, 1.82) is 0 Å². The molecule has 4 rings (SSSR count). The lowest BCUT2D eigenvalue weighted by molar-refractivity contribution is -0.136. The van der Waals surface area contributed by atoms with Gasteiger partial charge in [0, 0.05) is 32.0 Å². The minimum Gasteiger partial charge on any atom is -0.396 e. The van der Waals surface area contributed by atoms with Crippen LogP contribution in [-0.4, -0.2) is 47.9 Å². The number of nitrogens with zero attached hydrogens (tertiary/aromatic N) is 3. The lowest BCUT2D eigenvalue weighted by atomic mass is 9.75. The van der Waals surface area contributed by atoms with E-state index in [1.165, 1.54) is 31.4 Å². The first-order chi connectivity index (χ1) is 16.2. The van der Waals surface area contributed by atoms with Crippen LogP contribution in [0.4, 0.5) is 5.69 Å². The van der Waals surface area contributed by atoms with Crippen molar-refractivity contribution in [3.8, 4) is 0 Å². The molecule has 0 spiro atoms. The first-order valence-electron chi connectivity index (χ1n) is 11.4. The second-order valence-electron chi connectivity index (χ2n) is 9.03. The Labute approximate surface area is 214 Å². The number of anilines is 1. The van der Waals surface area contributed by atoms with Crippen molar-refractivity contribution < 1.29 is 13.2 Å². The van der Waals surface area contributed by atoms with Crippen LogP contribution in [0.3, 0.4) is 0 Å². The van der Waals surface area contributed by atoms with Gasteiger partial charge in [-0.15, -0.1) is 0 Å². The van der Waals surface area contributed by atoms with Gasteiger partial charge in [-0.25, -0.2) is 13.4 Å². The highest BCUT2D eigenvalue weighted by atomic mass is 35.5. The third-order valence-electron chi connectivity index (χ3n) is 6.88. The summed E-state index contributed by atoms with van der Waals surface area (Å²) in [5.74, 6) is 0.884. The van der Waals surface area contributed by atoms with E-state index in [4.69, 9.17) is 40.5 Å². The summed E-state index contributed by atoms with van der Waals surface area (Å²) in [4.78, 5) is 19.2. The summed E-state index contributed by atoms with van der Waals surface area (Å²) in [5.41, 5.74) is 5.85. The number of aromatic nitrogens is 2. The van der Waals surface area contributed by atoms with Crippen LogP contribution in [0.2, 0.25) is 15.3 Å². The van der Waals surface area contributed by atoms with Crippen molar-refractivity contribution in [3.05, 3.63) is 39.9 Å². The molecule has 186 valence electrons. The van der Waals surface area contributed by atoms with Crippen LogP contribution in [0.1, 0.15) is 38.5 Å². The van der Waals surface area contributed by atoms with Crippen LogP contribution in [0.15, 0.2) is 29.4 Å². The van der Waals surface area contributed by atoms with E-state index in [2.05, 4.69) is 9.71 Å². The minimum absolute atomic E-state index is 0.0281. The molecule has 1 saturated heterocycles. The van der Waals surface area contributed by atoms with Crippen LogP contribution >= 0.6 is 34.8 Å². The number of carbonyl (C=O) groups excluding carboxylic acids is 1. The van der Waals surface area contributed by atoms with Crippen LogP contribution in [0, 0.1) is 11.8 Å². The predicted octanol–water partition coefficient (Wildman–Crippen LogP) is 4.20. The number of amides is 1. The van der Waals surface area contributed by atoms with Gasteiger partial charge in [-0.05, 0) is 54.8 Å². The molecule has 2 heterocycles. The molecule has 1 aliphatic heterocycles. The topological polar surface area (TPSA) is 110 Å². The molecule has 1 aromatic carbocycles. The second kappa shape index (κ2) is 10.6. The zero-order chi connectivity index (χ0) is 24.5. The van der Waals surface area contributed by atoms with E-state index >= 15 is 0 Å². The van der Waals surface area contributed by atoms with Crippen LogP contribution in [0.5, 0.6) is 0 Å². The highest BCUT2D eigenvalue weighted by molar-refractivity contribution is 7.89. The maximum absolute atomic E-state index is 13.6. The molecule has 3 atom stereocenters. The lowest BCUT2D eigenvalue weighted by Crippen LogP contribution is -2.53. The highest BCUT2D eigenvalue weighted by Crippen LogP contribution is 2.36. The molecule has 8 nitrogen and oxygen atoms in total. The van der Waals surface area contributed by atoms with E-state index in [1.807, 2.05) is 0 Å². The smallest absolute Gasteiger partial charge is 0.241 e. The number of sulfonamides is 1. The molecule has 0 bridgehead atoms. The largest absolute Gasteiger partial charge is 0.396 e. The molecule has 34 heavy (non-hydrogen) atoms. The Balaban J connectivity index is 1.56. The molecule has 1 aromatic heterocycles. The van der Waals surface area contributed by atoms with Gasteiger partial charge in [0.25, 0.3) is 0 Å². The number of nitrogens with two attached hydrogens (primary N) is 1. The summed E-state index contributed by atoms with van der Waals surface area (Å²) >= 11 is 18.2. The molecule has 1 saturated carbocycles. The van der Waals surface area contributed by atoms with Crippen LogP contribution < -0.4 is 10.5 Å². The fourth-order valence-electron chi connectivity index (χ4n) is 4.97. The van der Waals surface area contributed by atoms with Crippen molar-refractivity contribution in [2.45, 2.75) is 56.0 Å². The maximum atomic E-state index is 13.6. The zero-order valence-electron chi connectivity index (χ0n) is 18.6. The number of piperidine rings is 1. The van der Waals surface area contributed by atoms with E-state index in [0.717, 1.165) is 12.8 Å². The van der Waals surface area contributed by atoms with E-state index in [1.54, 1.807) is 21.9 Å². The second-order valence-corrected chi connectivity index (χ2v) is 11.9. The minimum atomic E-state index is -4.11. The zero-order valence-corrected chi connectivity index (χ0v) is 21.7. The first-order valence-corrected chi connectivity index (χ1v) is 14.0. The van der Waals surface area contributed by atoms with Crippen molar-refractivity contribution in [2.75, 3.05) is 18.8 Å². The molecule has 12 heteroatoms. The molecule has 0 radical (unpaired) electrons. The summed E-state index contributed by atoms with van der Waals surface area (Å²) in [6, 6.07) is 1.47. The molecule has 2 aromatic rings. The normalized spacial score (nSPS) is 21.8. The molecular formula is C22H28Cl3N5O3S. The van der Waals surface area contributed by atoms with E-state index in [-0.39, 0.29) is 38.2 Å². The summed E-state index contributed by atoms with van der Waals surface area (Å²) in [7, 11) is -4.11. The Hall–Kier alpha value is -1.52. The molecule has 2 aliphatic rings. The summed E-state index contributed by atoms with van der Waals surface area (Å²) in [6.07, 6.45) is 9.13. The van der Waals surface area contributed by atoms with E-state index in [0.29, 0.717) is 31.5 Å². The Morgan fingerprint density at radius 2 is 1.82 bits per heavy atom. The summed E-state index contributed by atoms with van der Waals surface area (Å²) in [6.45, 7) is 1.61. The number of benzene rings is 1. The van der Waals surface area contributed by atoms with E-state index in [9.17, 15) is 13.2 Å². The number of nitrogen functional groups attached to an aromatic ring is 1. The van der Waals surface area contributed by atoms with Crippen molar-refractivity contribution >= 4 is 56.4 Å². The Morgan fingerprint density at radius 3 is 2.47 bits per heavy atom. The van der Waals surface area contributed by atoms with Crippen LogP contribution in [0.25, 0.3) is 0 Å². The average Bonchev–Trinajstić information content (AvgIpc) is 3.23.